The minimum absolute atomic E-state index is 0.0157. The third-order valence-corrected chi connectivity index (χ3v) is 5.62. The van der Waals surface area contributed by atoms with Gasteiger partial charge >= 0.3 is 0 Å². The molecule has 1 aromatic rings. The third kappa shape index (κ3) is 2.14. The van der Waals surface area contributed by atoms with Crippen molar-refractivity contribution in [3.05, 3.63) is 32.7 Å². The van der Waals surface area contributed by atoms with Gasteiger partial charge in [-0.05, 0) is 45.0 Å². The molecule has 0 saturated heterocycles. The van der Waals surface area contributed by atoms with Crippen LogP contribution in [0.15, 0.2) is 27.1 Å². The van der Waals surface area contributed by atoms with Crippen LogP contribution in [0.1, 0.15) is 38.1 Å². The highest BCUT2D eigenvalue weighted by Crippen LogP contribution is 2.62. The lowest BCUT2D eigenvalue weighted by molar-refractivity contribution is 0.0943. The molecule has 1 aliphatic rings. The van der Waals surface area contributed by atoms with Crippen molar-refractivity contribution in [2.24, 2.45) is 10.8 Å². The molecule has 1 saturated carbocycles. The fourth-order valence-electron chi connectivity index (χ4n) is 2.44. The van der Waals surface area contributed by atoms with Crippen LogP contribution in [0.4, 0.5) is 0 Å². The molecular weight excluding hydrogens is 358 g/mol. The van der Waals surface area contributed by atoms with E-state index in [1.54, 1.807) is 0 Å². The number of carbonyl (C=O) groups is 1. The van der Waals surface area contributed by atoms with Gasteiger partial charge in [-0.3, -0.25) is 4.79 Å². The van der Waals surface area contributed by atoms with Crippen molar-refractivity contribution in [2.75, 3.05) is 0 Å². The van der Waals surface area contributed by atoms with E-state index in [-0.39, 0.29) is 22.8 Å². The maximum atomic E-state index is 12.2. The molecule has 0 unspecified atom stereocenters. The third-order valence-electron chi connectivity index (χ3n) is 4.47. The summed E-state index contributed by atoms with van der Waals surface area (Å²) in [6, 6.07) is 5.82. The zero-order chi connectivity index (χ0) is 13.7. The van der Waals surface area contributed by atoms with Crippen molar-refractivity contribution < 1.29 is 4.79 Å². The summed E-state index contributed by atoms with van der Waals surface area (Å²) in [7, 11) is 0. The van der Waals surface area contributed by atoms with Gasteiger partial charge in [-0.15, -0.1) is 0 Å². The number of halogens is 2. The largest absolute Gasteiger partial charge is 0.348 e. The molecule has 0 aromatic heterocycles. The summed E-state index contributed by atoms with van der Waals surface area (Å²) in [5, 5.41) is 3.13. The normalized spacial score (nSPS) is 20.6. The van der Waals surface area contributed by atoms with E-state index in [1.165, 1.54) is 0 Å². The molecule has 1 fully saturated rings. The van der Waals surface area contributed by atoms with Gasteiger partial charge in [0.2, 0.25) is 0 Å². The first-order chi connectivity index (χ1) is 8.18. The quantitative estimate of drug-likeness (QED) is 0.817. The fourth-order valence-corrected chi connectivity index (χ4v) is 3.67. The van der Waals surface area contributed by atoms with Crippen LogP contribution in [-0.4, -0.2) is 11.9 Å². The minimum atomic E-state index is -0.0157. The summed E-state index contributed by atoms with van der Waals surface area (Å²) in [4.78, 5) is 12.2. The summed E-state index contributed by atoms with van der Waals surface area (Å²) >= 11 is 6.81. The van der Waals surface area contributed by atoms with Gasteiger partial charge in [-0.2, -0.15) is 0 Å². The Morgan fingerprint density at radius 2 is 1.72 bits per heavy atom. The maximum absolute atomic E-state index is 12.2. The second-order valence-electron chi connectivity index (χ2n) is 5.97. The topological polar surface area (TPSA) is 29.1 Å². The van der Waals surface area contributed by atoms with Crippen LogP contribution in [0.3, 0.4) is 0 Å². The Labute approximate surface area is 125 Å². The monoisotopic (exact) mass is 373 g/mol. The van der Waals surface area contributed by atoms with Crippen molar-refractivity contribution in [3.8, 4) is 0 Å². The zero-order valence-electron chi connectivity index (χ0n) is 11.0. The molecule has 1 N–H and O–H groups in total. The molecule has 0 bridgehead atoms. The van der Waals surface area contributed by atoms with E-state index in [1.807, 2.05) is 18.2 Å². The molecule has 1 amide bonds. The van der Waals surface area contributed by atoms with Gasteiger partial charge < -0.3 is 5.32 Å². The Bertz CT molecular complexity index is 495. The molecule has 0 spiro atoms. The van der Waals surface area contributed by atoms with E-state index in [2.05, 4.69) is 64.9 Å². The fraction of sp³-hybridized carbons (Fsp3) is 0.500. The van der Waals surface area contributed by atoms with E-state index in [0.29, 0.717) is 5.56 Å². The van der Waals surface area contributed by atoms with Gasteiger partial charge in [-0.25, -0.2) is 0 Å². The standard InChI is InChI=1S/C14H17Br2NO/c1-13(2)12(14(13,3)4)17-11(18)9-6-5-8(15)7-10(9)16/h5-7,12H,1-4H3,(H,17,18). The van der Waals surface area contributed by atoms with Gasteiger partial charge in [0, 0.05) is 15.0 Å². The van der Waals surface area contributed by atoms with Crippen molar-refractivity contribution in [3.63, 3.8) is 0 Å². The van der Waals surface area contributed by atoms with E-state index < -0.39 is 0 Å². The molecule has 0 heterocycles. The highest BCUT2D eigenvalue weighted by molar-refractivity contribution is 9.11. The van der Waals surface area contributed by atoms with E-state index in [9.17, 15) is 4.79 Å². The molecular formula is C14H17Br2NO. The first-order valence-electron chi connectivity index (χ1n) is 5.94. The van der Waals surface area contributed by atoms with Crippen LogP contribution in [0.5, 0.6) is 0 Å². The highest BCUT2D eigenvalue weighted by Gasteiger charge is 2.65. The Morgan fingerprint density at radius 3 is 2.17 bits per heavy atom. The van der Waals surface area contributed by atoms with Crippen LogP contribution in [-0.2, 0) is 0 Å². The number of carbonyl (C=O) groups excluding carboxylic acids is 1. The smallest absolute Gasteiger partial charge is 0.252 e. The minimum Gasteiger partial charge on any atom is -0.348 e. The van der Waals surface area contributed by atoms with E-state index in [0.717, 1.165) is 8.95 Å². The first kappa shape index (κ1) is 14.1. The maximum Gasteiger partial charge on any atom is 0.252 e. The van der Waals surface area contributed by atoms with Crippen molar-refractivity contribution in [1.29, 1.82) is 0 Å². The lowest BCUT2D eigenvalue weighted by Gasteiger charge is -2.08. The van der Waals surface area contributed by atoms with Crippen molar-refractivity contribution in [2.45, 2.75) is 33.7 Å². The lowest BCUT2D eigenvalue weighted by atomic mass is 10.0. The van der Waals surface area contributed by atoms with Crippen LogP contribution >= 0.6 is 31.9 Å². The summed E-state index contributed by atoms with van der Waals surface area (Å²) in [5.74, 6) is -0.0157. The number of rotatable bonds is 2. The molecule has 98 valence electrons. The average molecular weight is 375 g/mol. The molecule has 0 radical (unpaired) electrons. The van der Waals surface area contributed by atoms with Crippen LogP contribution in [0.25, 0.3) is 0 Å². The van der Waals surface area contributed by atoms with Gasteiger partial charge in [0.15, 0.2) is 0 Å². The van der Waals surface area contributed by atoms with Crippen LogP contribution in [0, 0.1) is 10.8 Å². The Morgan fingerprint density at radius 1 is 1.17 bits per heavy atom. The van der Waals surface area contributed by atoms with Gasteiger partial charge in [-0.1, -0.05) is 43.6 Å². The van der Waals surface area contributed by atoms with Gasteiger partial charge in [0.25, 0.3) is 5.91 Å². The van der Waals surface area contributed by atoms with Crippen LogP contribution < -0.4 is 5.32 Å². The molecule has 0 aliphatic heterocycles. The predicted octanol–water partition coefficient (Wildman–Crippen LogP) is 4.38. The van der Waals surface area contributed by atoms with E-state index in [4.69, 9.17) is 0 Å². The molecule has 0 atom stereocenters. The lowest BCUT2D eigenvalue weighted by Crippen LogP contribution is -2.30. The SMILES string of the molecule is CC1(C)C(NC(=O)c2ccc(Br)cc2Br)C1(C)C. The Balaban J connectivity index is 2.15. The first-order valence-corrected chi connectivity index (χ1v) is 7.52. The van der Waals surface area contributed by atoms with Gasteiger partial charge in [0.1, 0.15) is 0 Å². The highest BCUT2D eigenvalue weighted by atomic mass is 79.9. The molecule has 2 rings (SSSR count). The summed E-state index contributed by atoms with van der Waals surface area (Å²) < 4.78 is 1.77. The van der Waals surface area contributed by atoms with Crippen molar-refractivity contribution >= 4 is 37.8 Å². The van der Waals surface area contributed by atoms with Crippen LogP contribution in [0.2, 0.25) is 0 Å². The number of nitrogens with one attached hydrogen (secondary N) is 1. The Kier molecular flexibility index (Phi) is 3.39. The molecule has 4 heteroatoms. The summed E-state index contributed by atoms with van der Waals surface area (Å²) in [6.07, 6.45) is 0. The number of amides is 1. The molecule has 18 heavy (non-hydrogen) atoms. The average Bonchev–Trinajstić information content (AvgIpc) is 2.60. The van der Waals surface area contributed by atoms with Crippen molar-refractivity contribution in [1.82, 2.24) is 5.32 Å². The van der Waals surface area contributed by atoms with Gasteiger partial charge in [0.05, 0.1) is 5.56 Å². The number of benzene rings is 1. The molecule has 2 nitrogen and oxygen atoms in total. The second-order valence-corrected chi connectivity index (χ2v) is 7.74. The zero-order valence-corrected chi connectivity index (χ0v) is 14.1. The predicted molar refractivity (Wildman–Crippen MR) is 80.7 cm³/mol. The summed E-state index contributed by atoms with van der Waals surface area (Å²) in [6.45, 7) is 8.76. The molecule has 1 aliphatic carbocycles. The summed E-state index contributed by atoms with van der Waals surface area (Å²) in [5.41, 5.74) is 0.992. The number of hydrogen-bond acceptors (Lipinski definition) is 1. The Hall–Kier alpha value is -0.350. The molecule has 1 aromatic carbocycles. The van der Waals surface area contributed by atoms with E-state index >= 15 is 0 Å². The number of hydrogen-bond donors (Lipinski definition) is 1. The second kappa shape index (κ2) is 4.34.